The van der Waals surface area contributed by atoms with Crippen molar-refractivity contribution in [1.82, 2.24) is 14.7 Å². The third kappa shape index (κ3) is 3.39. The fourth-order valence-electron chi connectivity index (χ4n) is 3.36. The van der Waals surface area contributed by atoms with Gasteiger partial charge in [-0.25, -0.2) is 0 Å². The lowest BCUT2D eigenvalue weighted by molar-refractivity contribution is -0.142. The van der Waals surface area contributed by atoms with Crippen molar-refractivity contribution in [3.05, 3.63) is 41.2 Å². The molecule has 0 spiro atoms. The molecule has 0 bridgehead atoms. The van der Waals surface area contributed by atoms with Crippen molar-refractivity contribution in [3.63, 3.8) is 0 Å². The highest BCUT2D eigenvalue weighted by atomic mass is 16.7. The normalized spacial score (nSPS) is 18.3. The topological polar surface area (TPSA) is 65.8 Å². The highest BCUT2D eigenvalue weighted by Gasteiger charge is 2.29. The molecule has 0 N–H and O–H groups in total. The maximum absolute atomic E-state index is 13.0. The van der Waals surface area contributed by atoms with Crippen LogP contribution in [0, 0.1) is 6.92 Å². The van der Waals surface area contributed by atoms with Crippen LogP contribution in [-0.4, -0.2) is 40.1 Å². The van der Waals surface area contributed by atoms with Crippen LogP contribution in [0.3, 0.4) is 0 Å². The molecule has 1 aromatic heterocycles. The van der Waals surface area contributed by atoms with Gasteiger partial charge in [-0.3, -0.25) is 9.48 Å². The molecule has 2 aromatic rings. The van der Waals surface area contributed by atoms with Crippen LogP contribution in [0.15, 0.2) is 24.3 Å². The van der Waals surface area contributed by atoms with Crippen molar-refractivity contribution in [1.29, 1.82) is 0 Å². The smallest absolute Gasteiger partial charge is 0.252 e. The highest BCUT2D eigenvalue weighted by Crippen LogP contribution is 2.33. The Hall–Kier alpha value is -2.54. The van der Waals surface area contributed by atoms with E-state index in [0.29, 0.717) is 19.7 Å². The van der Waals surface area contributed by atoms with Gasteiger partial charge in [-0.2, -0.15) is 5.10 Å². The van der Waals surface area contributed by atoms with Crippen molar-refractivity contribution < 1.29 is 19.0 Å². The molecular weight excluding hydrogens is 334 g/mol. The van der Waals surface area contributed by atoms with Crippen LogP contribution in [0.1, 0.15) is 29.8 Å². The van der Waals surface area contributed by atoms with E-state index in [-0.39, 0.29) is 18.8 Å². The van der Waals surface area contributed by atoms with E-state index >= 15 is 0 Å². The fourth-order valence-corrected chi connectivity index (χ4v) is 3.36. The van der Waals surface area contributed by atoms with Gasteiger partial charge in [-0.1, -0.05) is 6.07 Å². The molecule has 0 aliphatic carbocycles. The van der Waals surface area contributed by atoms with Crippen molar-refractivity contribution in [2.45, 2.75) is 39.0 Å². The zero-order chi connectivity index (χ0) is 18.1. The van der Waals surface area contributed by atoms with Crippen LogP contribution >= 0.6 is 0 Å². The zero-order valence-corrected chi connectivity index (χ0v) is 15.1. The molecule has 1 saturated heterocycles. The van der Waals surface area contributed by atoms with Gasteiger partial charge in [0.15, 0.2) is 11.5 Å². The molecule has 0 radical (unpaired) electrons. The largest absolute Gasteiger partial charge is 0.454 e. The number of nitrogens with zero attached hydrogens (tertiary/aromatic N) is 3. The molecule has 138 valence electrons. The highest BCUT2D eigenvalue weighted by molar-refractivity contribution is 5.81. The molecule has 1 fully saturated rings. The molecule has 4 rings (SSSR count). The fraction of sp³-hybridized carbons (Fsp3) is 0.474. The molecule has 26 heavy (non-hydrogen) atoms. The number of carbonyl (C=O) groups excluding carboxylic acids is 1. The van der Waals surface area contributed by atoms with Crippen LogP contribution in [0.4, 0.5) is 0 Å². The van der Waals surface area contributed by atoms with Gasteiger partial charge in [0.1, 0.15) is 6.10 Å². The Kier molecular flexibility index (Phi) is 4.55. The van der Waals surface area contributed by atoms with Crippen molar-refractivity contribution in [2.75, 3.05) is 13.4 Å². The van der Waals surface area contributed by atoms with Crippen LogP contribution in [-0.2, 0) is 29.7 Å². The third-order valence-corrected chi connectivity index (χ3v) is 4.84. The average molecular weight is 357 g/mol. The first-order valence-corrected chi connectivity index (χ1v) is 8.88. The third-order valence-electron chi connectivity index (χ3n) is 4.84. The molecule has 0 unspecified atom stereocenters. The molecule has 2 aliphatic rings. The number of amides is 1. The summed E-state index contributed by atoms with van der Waals surface area (Å²) in [6, 6.07) is 7.79. The predicted octanol–water partition coefficient (Wildman–Crippen LogP) is 2.17. The molecule has 3 heterocycles. The molecule has 1 aromatic carbocycles. The summed E-state index contributed by atoms with van der Waals surface area (Å²) in [5.41, 5.74) is 2.93. The summed E-state index contributed by atoms with van der Waals surface area (Å²) in [6.07, 6.45) is 1.35. The van der Waals surface area contributed by atoms with E-state index in [9.17, 15) is 4.79 Å². The summed E-state index contributed by atoms with van der Waals surface area (Å²) in [4.78, 5) is 14.8. The number of rotatable bonds is 5. The summed E-state index contributed by atoms with van der Waals surface area (Å²) in [7, 11) is 1.91. The first kappa shape index (κ1) is 16.9. The van der Waals surface area contributed by atoms with Gasteiger partial charge in [-0.15, -0.1) is 0 Å². The van der Waals surface area contributed by atoms with Crippen LogP contribution in [0.25, 0.3) is 0 Å². The molecular formula is C19H23N3O4. The minimum atomic E-state index is -0.353. The van der Waals surface area contributed by atoms with E-state index in [0.717, 1.165) is 41.3 Å². The van der Waals surface area contributed by atoms with Gasteiger partial charge in [0, 0.05) is 25.9 Å². The lowest BCUT2D eigenvalue weighted by Crippen LogP contribution is -2.38. The number of aryl methyl sites for hydroxylation is 2. The monoisotopic (exact) mass is 357 g/mol. The second-order valence-electron chi connectivity index (χ2n) is 6.78. The Labute approximate surface area is 152 Å². The van der Waals surface area contributed by atoms with E-state index in [1.54, 1.807) is 0 Å². The van der Waals surface area contributed by atoms with Crippen molar-refractivity contribution >= 4 is 5.91 Å². The van der Waals surface area contributed by atoms with Crippen molar-refractivity contribution in [2.24, 2.45) is 7.05 Å². The molecule has 2 aliphatic heterocycles. The maximum Gasteiger partial charge on any atom is 0.252 e. The first-order valence-electron chi connectivity index (χ1n) is 8.88. The Morgan fingerprint density at radius 1 is 1.27 bits per heavy atom. The van der Waals surface area contributed by atoms with Crippen LogP contribution in [0.5, 0.6) is 11.5 Å². The van der Waals surface area contributed by atoms with Crippen molar-refractivity contribution in [3.8, 4) is 11.5 Å². The quantitative estimate of drug-likeness (QED) is 0.820. The SMILES string of the molecule is Cc1cc(CN(Cc2ccc3c(c2)OCO3)C(=O)[C@H]2CCCO2)nn1C. The second kappa shape index (κ2) is 6.99. The van der Waals surface area contributed by atoms with E-state index in [2.05, 4.69) is 5.10 Å². The van der Waals surface area contributed by atoms with E-state index in [1.165, 1.54) is 0 Å². The number of hydrogen-bond acceptors (Lipinski definition) is 5. The maximum atomic E-state index is 13.0. The van der Waals surface area contributed by atoms with Gasteiger partial charge < -0.3 is 19.1 Å². The van der Waals surface area contributed by atoms with Crippen LogP contribution < -0.4 is 9.47 Å². The Morgan fingerprint density at radius 3 is 2.85 bits per heavy atom. The Morgan fingerprint density at radius 2 is 2.12 bits per heavy atom. The number of ether oxygens (including phenoxy) is 3. The molecule has 7 nitrogen and oxygen atoms in total. The second-order valence-corrected chi connectivity index (χ2v) is 6.78. The summed E-state index contributed by atoms with van der Waals surface area (Å²) in [5.74, 6) is 1.48. The average Bonchev–Trinajstić information content (AvgIpc) is 3.36. The molecule has 1 amide bonds. The van der Waals surface area contributed by atoms with E-state index in [4.69, 9.17) is 14.2 Å². The van der Waals surface area contributed by atoms with E-state index in [1.807, 2.05) is 47.8 Å². The minimum Gasteiger partial charge on any atom is -0.454 e. The molecule has 7 heteroatoms. The summed E-state index contributed by atoms with van der Waals surface area (Å²) >= 11 is 0. The Bertz CT molecular complexity index is 792. The summed E-state index contributed by atoms with van der Waals surface area (Å²) in [5, 5.41) is 4.50. The van der Waals surface area contributed by atoms with Gasteiger partial charge in [0.2, 0.25) is 6.79 Å². The van der Waals surface area contributed by atoms with Gasteiger partial charge in [-0.05, 0) is 43.5 Å². The summed E-state index contributed by atoms with van der Waals surface area (Å²) < 4.78 is 18.3. The van der Waals surface area contributed by atoms with Gasteiger partial charge in [0.25, 0.3) is 5.91 Å². The number of aromatic nitrogens is 2. The van der Waals surface area contributed by atoms with Gasteiger partial charge in [0.05, 0.1) is 12.2 Å². The standard InChI is InChI=1S/C19H23N3O4/c1-13-8-15(20-21(13)2)11-22(19(23)17-4-3-7-24-17)10-14-5-6-16-18(9-14)26-12-25-16/h5-6,8-9,17H,3-4,7,10-12H2,1-2H3/t17-/m1/s1. The number of fused-ring (bicyclic) bond motifs is 1. The first-order chi connectivity index (χ1) is 12.6. The predicted molar refractivity (Wildman–Crippen MR) is 93.7 cm³/mol. The minimum absolute atomic E-state index is 0.0171. The zero-order valence-electron chi connectivity index (χ0n) is 15.1. The number of carbonyl (C=O) groups is 1. The summed E-state index contributed by atoms with van der Waals surface area (Å²) in [6.45, 7) is 3.82. The number of hydrogen-bond donors (Lipinski definition) is 0. The molecule has 0 saturated carbocycles. The number of benzene rings is 1. The van der Waals surface area contributed by atoms with Crippen LogP contribution in [0.2, 0.25) is 0 Å². The molecule has 1 atom stereocenters. The lowest BCUT2D eigenvalue weighted by atomic mass is 10.1. The Balaban J connectivity index is 1.55. The van der Waals surface area contributed by atoms with E-state index < -0.39 is 0 Å². The lowest BCUT2D eigenvalue weighted by Gasteiger charge is -2.25. The van der Waals surface area contributed by atoms with Gasteiger partial charge >= 0.3 is 0 Å².